The van der Waals surface area contributed by atoms with E-state index in [1.807, 2.05) is 13.8 Å². The third-order valence-corrected chi connectivity index (χ3v) is 0.933. The highest BCUT2D eigenvalue weighted by molar-refractivity contribution is 5.73. The van der Waals surface area contributed by atoms with Crippen LogP contribution in [-0.4, -0.2) is 19.2 Å². The van der Waals surface area contributed by atoms with Crippen LogP contribution in [0, 0.1) is 5.92 Å². The van der Waals surface area contributed by atoms with Gasteiger partial charge in [-0.25, -0.2) is 4.79 Å². The van der Waals surface area contributed by atoms with Gasteiger partial charge >= 0.3 is 6.03 Å². The molecular weight excluding hydrogens is 130 g/mol. The summed E-state index contributed by atoms with van der Waals surface area (Å²) in [5.41, 5.74) is 5.06. The zero-order valence-corrected chi connectivity index (χ0v) is 6.48. The van der Waals surface area contributed by atoms with Crippen LogP contribution in [0.2, 0.25) is 0 Å². The molecule has 0 saturated carbocycles. The molecule has 0 aromatic rings. The Balaban J connectivity index is 3.22. The van der Waals surface area contributed by atoms with E-state index >= 15 is 0 Å². The molecule has 0 fully saturated rings. The van der Waals surface area contributed by atoms with Crippen molar-refractivity contribution in [3.05, 3.63) is 0 Å². The van der Waals surface area contributed by atoms with Crippen molar-refractivity contribution in [2.45, 2.75) is 13.8 Å². The first-order valence-corrected chi connectivity index (χ1v) is 3.38. The largest absolute Gasteiger partial charge is 0.338 e. The molecule has 4 nitrogen and oxygen atoms in total. The van der Waals surface area contributed by atoms with E-state index in [2.05, 4.69) is 10.6 Å². The Morgan fingerprint density at radius 2 is 2.10 bits per heavy atom. The number of carbonyl (C=O) groups is 1. The molecule has 0 spiro atoms. The Labute approximate surface area is 61.2 Å². The first-order chi connectivity index (χ1) is 4.66. The zero-order valence-electron chi connectivity index (χ0n) is 6.48. The minimum absolute atomic E-state index is 0.184. The smallest absolute Gasteiger partial charge is 0.315 e. The normalized spacial score (nSPS) is 9.60. The fourth-order valence-corrected chi connectivity index (χ4v) is 0.452. The standard InChI is InChI=1S/C6H15N3O/c1-5(2)3-8-6(10)9-4-7/h5H,3-4,7H2,1-2H3,(H2,8,9,10). The summed E-state index contributed by atoms with van der Waals surface area (Å²) in [5, 5.41) is 5.08. The molecule has 0 bridgehead atoms. The van der Waals surface area contributed by atoms with Crippen LogP contribution in [0.3, 0.4) is 0 Å². The maximum atomic E-state index is 10.6. The molecule has 2 amide bonds. The van der Waals surface area contributed by atoms with E-state index in [9.17, 15) is 4.79 Å². The van der Waals surface area contributed by atoms with Crippen LogP contribution in [0.4, 0.5) is 4.79 Å². The fraction of sp³-hybridized carbons (Fsp3) is 0.833. The van der Waals surface area contributed by atoms with Crippen molar-refractivity contribution < 1.29 is 4.79 Å². The lowest BCUT2D eigenvalue weighted by molar-refractivity contribution is 0.240. The third kappa shape index (κ3) is 5.37. The third-order valence-electron chi connectivity index (χ3n) is 0.933. The van der Waals surface area contributed by atoms with Gasteiger partial charge in [0.15, 0.2) is 0 Å². The average Bonchev–Trinajstić information content (AvgIpc) is 1.85. The minimum Gasteiger partial charge on any atom is -0.338 e. The summed E-state index contributed by atoms with van der Waals surface area (Å²) in [5.74, 6) is 0.475. The lowest BCUT2D eigenvalue weighted by Crippen LogP contribution is -2.40. The van der Waals surface area contributed by atoms with Crippen LogP contribution in [0.15, 0.2) is 0 Å². The highest BCUT2D eigenvalue weighted by Crippen LogP contribution is 1.85. The summed E-state index contributed by atoms with van der Waals surface area (Å²) >= 11 is 0. The molecular formula is C6H15N3O. The van der Waals surface area contributed by atoms with Gasteiger partial charge in [-0.05, 0) is 5.92 Å². The summed E-state index contributed by atoms with van der Waals surface area (Å²) in [7, 11) is 0. The molecule has 0 atom stereocenters. The second-order valence-electron chi connectivity index (χ2n) is 2.48. The van der Waals surface area contributed by atoms with Crippen molar-refractivity contribution in [1.82, 2.24) is 10.6 Å². The molecule has 4 heteroatoms. The molecule has 0 rings (SSSR count). The Hall–Kier alpha value is -0.770. The molecule has 0 aromatic heterocycles. The molecule has 0 aliphatic carbocycles. The summed E-state index contributed by atoms with van der Waals surface area (Å²) < 4.78 is 0. The topological polar surface area (TPSA) is 67.2 Å². The highest BCUT2D eigenvalue weighted by Gasteiger charge is 1.97. The van der Waals surface area contributed by atoms with Gasteiger partial charge in [0, 0.05) is 6.54 Å². The molecule has 0 aliphatic heterocycles. The van der Waals surface area contributed by atoms with Gasteiger partial charge in [0.05, 0.1) is 6.67 Å². The maximum absolute atomic E-state index is 10.6. The monoisotopic (exact) mass is 145 g/mol. The van der Waals surface area contributed by atoms with E-state index in [4.69, 9.17) is 5.73 Å². The number of urea groups is 1. The number of hydrogen-bond acceptors (Lipinski definition) is 2. The van der Waals surface area contributed by atoms with Crippen molar-refractivity contribution in [2.24, 2.45) is 11.7 Å². The van der Waals surface area contributed by atoms with Gasteiger partial charge in [0.1, 0.15) is 0 Å². The second kappa shape index (κ2) is 5.05. The fourth-order valence-electron chi connectivity index (χ4n) is 0.452. The van der Waals surface area contributed by atoms with Crippen LogP contribution < -0.4 is 16.4 Å². The first kappa shape index (κ1) is 9.23. The van der Waals surface area contributed by atoms with Crippen molar-refractivity contribution in [1.29, 1.82) is 0 Å². The van der Waals surface area contributed by atoms with Gasteiger partial charge in [0.25, 0.3) is 0 Å². The van der Waals surface area contributed by atoms with Gasteiger partial charge in [-0.2, -0.15) is 0 Å². The predicted octanol–water partition coefficient (Wildman–Crippen LogP) is -0.142. The molecule has 4 N–H and O–H groups in total. The van der Waals surface area contributed by atoms with Crippen LogP contribution in [0.25, 0.3) is 0 Å². The molecule has 0 radical (unpaired) electrons. The van der Waals surface area contributed by atoms with Gasteiger partial charge < -0.3 is 16.4 Å². The van der Waals surface area contributed by atoms with E-state index in [1.165, 1.54) is 0 Å². The van der Waals surface area contributed by atoms with Crippen molar-refractivity contribution >= 4 is 6.03 Å². The van der Waals surface area contributed by atoms with Gasteiger partial charge in [-0.1, -0.05) is 13.8 Å². The second-order valence-corrected chi connectivity index (χ2v) is 2.48. The maximum Gasteiger partial charge on any atom is 0.315 e. The Morgan fingerprint density at radius 3 is 2.50 bits per heavy atom. The summed E-state index contributed by atoms with van der Waals surface area (Å²) in [6.45, 7) is 4.93. The molecule has 60 valence electrons. The summed E-state index contributed by atoms with van der Waals surface area (Å²) in [6, 6.07) is -0.198. The minimum atomic E-state index is -0.198. The Kier molecular flexibility index (Phi) is 4.66. The summed E-state index contributed by atoms with van der Waals surface area (Å²) in [6.07, 6.45) is 0. The number of carbonyl (C=O) groups excluding carboxylic acids is 1. The lowest BCUT2D eigenvalue weighted by atomic mass is 10.2. The van der Waals surface area contributed by atoms with E-state index in [-0.39, 0.29) is 12.7 Å². The Bertz CT molecular complexity index is 103. The van der Waals surface area contributed by atoms with E-state index < -0.39 is 0 Å². The van der Waals surface area contributed by atoms with Crippen LogP contribution in [0.5, 0.6) is 0 Å². The number of nitrogens with two attached hydrogens (primary N) is 1. The molecule has 0 heterocycles. The van der Waals surface area contributed by atoms with Gasteiger partial charge in [-0.15, -0.1) is 0 Å². The van der Waals surface area contributed by atoms with Gasteiger partial charge in [0.2, 0.25) is 0 Å². The SMILES string of the molecule is CC(C)CNC(=O)NCN. The number of hydrogen-bond donors (Lipinski definition) is 3. The molecule has 10 heavy (non-hydrogen) atoms. The molecule has 0 aliphatic rings. The molecule has 0 aromatic carbocycles. The lowest BCUT2D eigenvalue weighted by Gasteiger charge is -2.06. The van der Waals surface area contributed by atoms with Crippen molar-refractivity contribution in [3.8, 4) is 0 Å². The van der Waals surface area contributed by atoms with E-state index in [0.717, 1.165) is 0 Å². The van der Waals surface area contributed by atoms with Crippen LogP contribution >= 0.6 is 0 Å². The number of nitrogens with one attached hydrogen (secondary N) is 2. The van der Waals surface area contributed by atoms with Crippen LogP contribution in [0.1, 0.15) is 13.8 Å². The van der Waals surface area contributed by atoms with E-state index in [0.29, 0.717) is 12.5 Å². The number of amides is 2. The first-order valence-electron chi connectivity index (χ1n) is 3.38. The molecule has 0 unspecified atom stereocenters. The van der Waals surface area contributed by atoms with Crippen molar-refractivity contribution in [2.75, 3.05) is 13.2 Å². The quantitative estimate of drug-likeness (QED) is 0.484. The zero-order chi connectivity index (χ0) is 7.98. The average molecular weight is 145 g/mol. The van der Waals surface area contributed by atoms with Crippen molar-refractivity contribution in [3.63, 3.8) is 0 Å². The predicted molar refractivity (Wildman–Crippen MR) is 40.4 cm³/mol. The Morgan fingerprint density at radius 1 is 1.50 bits per heavy atom. The van der Waals surface area contributed by atoms with Crippen LogP contribution in [-0.2, 0) is 0 Å². The number of rotatable bonds is 3. The van der Waals surface area contributed by atoms with E-state index in [1.54, 1.807) is 0 Å². The van der Waals surface area contributed by atoms with Gasteiger partial charge in [-0.3, -0.25) is 0 Å². The highest BCUT2D eigenvalue weighted by atomic mass is 16.2. The molecule has 0 saturated heterocycles. The summed E-state index contributed by atoms with van der Waals surface area (Å²) in [4.78, 5) is 10.6.